The molecule has 0 spiro atoms. The molecule has 6 nitrogen and oxygen atoms in total. The Kier molecular flexibility index (Phi) is 5.19. The number of benzene rings is 1. The van der Waals surface area contributed by atoms with Gasteiger partial charge in [-0.15, -0.1) is 0 Å². The molecule has 0 aliphatic carbocycles. The molecule has 6 heteroatoms. The SMILES string of the molecule is CCOc1ccc(NC(=O)COc2c(C)occc2=O)cc1. The molecule has 0 saturated carbocycles. The van der Waals surface area contributed by atoms with E-state index in [2.05, 4.69) is 5.32 Å². The van der Waals surface area contributed by atoms with Crippen LogP contribution in [0.1, 0.15) is 12.7 Å². The Morgan fingerprint density at radius 1 is 1.18 bits per heavy atom. The first kappa shape index (κ1) is 15.6. The van der Waals surface area contributed by atoms with Crippen molar-refractivity contribution in [2.45, 2.75) is 13.8 Å². The van der Waals surface area contributed by atoms with Crippen LogP contribution in [0.2, 0.25) is 0 Å². The summed E-state index contributed by atoms with van der Waals surface area (Å²) in [5, 5.41) is 2.67. The summed E-state index contributed by atoms with van der Waals surface area (Å²) < 4.78 is 15.6. The summed E-state index contributed by atoms with van der Waals surface area (Å²) in [5.74, 6) is 0.742. The van der Waals surface area contributed by atoms with Crippen LogP contribution in [0.4, 0.5) is 5.69 Å². The van der Waals surface area contributed by atoms with Crippen molar-refractivity contribution in [1.82, 2.24) is 0 Å². The summed E-state index contributed by atoms with van der Waals surface area (Å²) in [6.45, 7) is 3.80. The molecule has 0 bridgehead atoms. The number of carbonyl (C=O) groups is 1. The van der Waals surface area contributed by atoms with Gasteiger partial charge >= 0.3 is 0 Å². The average molecular weight is 303 g/mol. The Balaban J connectivity index is 1.91. The fourth-order valence-corrected chi connectivity index (χ4v) is 1.81. The van der Waals surface area contributed by atoms with Gasteiger partial charge in [0.25, 0.3) is 5.91 Å². The van der Waals surface area contributed by atoms with Gasteiger partial charge in [-0.1, -0.05) is 0 Å². The molecular formula is C16H17NO5. The topological polar surface area (TPSA) is 77.8 Å². The number of anilines is 1. The van der Waals surface area contributed by atoms with E-state index in [1.54, 1.807) is 31.2 Å². The molecule has 0 unspecified atom stereocenters. The Bertz CT molecular complexity index is 690. The second-order valence-electron chi connectivity index (χ2n) is 4.46. The Hall–Kier alpha value is -2.76. The third-order valence-electron chi connectivity index (χ3n) is 2.80. The first-order valence-corrected chi connectivity index (χ1v) is 6.84. The highest BCUT2D eigenvalue weighted by atomic mass is 16.5. The molecule has 1 heterocycles. The highest BCUT2D eigenvalue weighted by Crippen LogP contribution is 2.16. The van der Waals surface area contributed by atoms with E-state index in [4.69, 9.17) is 13.9 Å². The van der Waals surface area contributed by atoms with Crippen molar-refractivity contribution in [2.24, 2.45) is 0 Å². The molecule has 1 aromatic heterocycles. The molecule has 1 amide bonds. The highest BCUT2D eigenvalue weighted by molar-refractivity contribution is 5.91. The molecule has 1 N–H and O–H groups in total. The molecule has 0 atom stereocenters. The lowest BCUT2D eigenvalue weighted by Crippen LogP contribution is -2.22. The van der Waals surface area contributed by atoms with Crippen molar-refractivity contribution >= 4 is 11.6 Å². The Labute approximate surface area is 127 Å². The number of aryl methyl sites for hydroxylation is 1. The second-order valence-corrected chi connectivity index (χ2v) is 4.46. The molecule has 0 saturated heterocycles. The number of carbonyl (C=O) groups excluding carboxylic acids is 1. The number of hydrogen-bond donors (Lipinski definition) is 1. The van der Waals surface area contributed by atoms with Crippen LogP contribution in [0.15, 0.2) is 45.8 Å². The minimum Gasteiger partial charge on any atom is -0.494 e. The maximum absolute atomic E-state index is 11.8. The van der Waals surface area contributed by atoms with Gasteiger partial charge in [0, 0.05) is 11.8 Å². The van der Waals surface area contributed by atoms with Gasteiger partial charge in [0.05, 0.1) is 12.9 Å². The molecule has 2 rings (SSSR count). The van der Waals surface area contributed by atoms with Crippen LogP contribution in [0, 0.1) is 6.92 Å². The Morgan fingerprint density at radius 3 is 2.55 bits per heavy atom. The molecule has 1 aromatic carbocycles. The predicted octanol–water partition coefficient (Wildman–Crippen LogP) is 2.36. The highest BCUT2D eigenvalue weighted by Gasteiger charge is 2.09. The molecule has 0 fully saturated rings. The number of nitrogens with one attached hydrogen (secondary N) is 1. The van der Waals surface area contributed by atoms with Gasteiger partial charge in [0.2, 0.25) is 11.2 Å². The van der Waals surface area contributed by atoms with Gasteiger partial charge in [-0.2, -0.15) is 0 Å². The van der Waals surface area contributed by atoms with E-state index >= 15 is 0 Å². The first-order valence-electron chi connectivity index (χ1n) is 6.84. The van der Waals surface area contributed by atoms with Gasteiger partial charge in [0.1, 0.15) is 11.5 Å². The minimum absolute atomic E-state index is 0.0457. The van der Waals surface area contributed by atoms with Crippen molar-refractivity contribution in [1.29, 1.82) is 0 Å². The summed E-state index contributed by atoms with van der Waals surface area (Å²) in [4.78, 5) is 23.4. The maximum Gasteiger partial charge on any atom is 0.262 e. The molecule has 0 radical (unpaired) electrons. The van der Waals surface area contributed by atoms with Crippen LogP contribution < -0.4 is 20.2 Å². The molecule has 2 aromatic rings. The van der Waals surface area contributed by atoms with Gasteiger partial charge in [-0.05, 0) is 38.1 Å². The van der Waals surface area contributed by atoms with Gasteiger partial charge in [0.15, 0.2) is 6.61 Å². The van der Waals surface area contributed by atoms with E-state index in [-0.39, 0.29) is 23.7 Å². The van der Waals surface area contributed by atoms with E-state index in [1.165, 1.54) is 12.3 Å². The normalized spacial score (nSPS) is 10.1. The van der Waals surface area contributed by atoms with Crippen LogP contribution >= 0.6 is 0 Å². The molecule has 0 aliphatic heterocycles. The van der Waals surface area contributed by atoms with E-state index in [0.29, 0.717) is 18.1 Å². The molecule has 22 heavy (non-hydrogen) atoms. The summed E-state index contributed by atoms with van der Waals surface area (Å²) in [6.07, 6.45) is 1.28. The molecule has 116 valence electrons. The van der Waals surface area contributed by atoms with Gasteiger partial charge < -0.3 is 19.2 Å². The van der Waals surface area contributed by atoms with Crippen LogP contribution in [0.25, 0.3) is 0 Å². The van der Waals surface area contributed by atoms with Crippen LogP contribution in [0.3, 0.4) is 0 Å². The average Bonchev–Trinajstić information content (AvgIpc) is 2.49. The van der Waals surface area contributed by atoms with E-state index < -0.39 is 0 Å². The third kappa shape index (κ3) is 4.12. The maximum atomic E-state index is 11.8. The number of amides is 1. The lowest BCUT2D eigenvalue weighted by atomic mass is 10.3. The van der Waals surface area contributed by atoms with Crippen LogP contribution in [-0.2, 0) is 4.79 Å². The predicted molar refractivity (Wildman–Crippen MR) is 81.5 cm³/mol. The summed E-state index contributed by atoms with van der Waals surface area (Å²) >= 11 is 0. The standard InChI is InChI=1S/C16H17NO5/c1-3-20-13-6-4-12(5-7-13)17-15(19)10-22-16-11(2)21-9-8-14(16)18/h4-9H,3,10H2,1-2H3,(H,17,19). The first-order chi connectivity index (χ1) is 10.6. The molecular weight excluding hydrogens is 286 g/mol. The lowest BCUT2D eigenvalue weighted by Gasteiger charge is -2.09. The zero-order valence-corrected chi connectivity index (χ0v) is 12.4. The van der Waals surface area contributed by atoms with Crippen LogP contribution in [0.5, 0.6) is 11.5 Å². The number of ether oxygens (including phenoxy) is 2. The fourth-order valence-electron chi connectivity index (χ4n) is 1.81. The van der Waals surface area contributed by atoms with Crippen molar-refractivity contribution in [3.05, 3.63) is 52.6 Å². The van der Waals surface area contributed by atoms with Crippen molar-refractivity contribution in [3.63, 3.8) is 0 Å². The Morgan fingerprint density at radius 2 is 1.91 bits per heavy atom. The number of rotatable bonds is 6. The van der Waals surface area contributed by atoms with Gasteiger partial charge in [-0.25, -0.2) is 0 Å². The lowest BCUT2D eigenvalue weighted by molar-refractivity contribution is -0.118. The smallest absolute Gasteiger partial charge is 0.262 e. The van der Waals surface area contributed by atoms with E-state index in [9.17, 15) is 9.59 Å². The minimum atomic E-state index is -0.369. The van der Waals surface area contributed by atoms with E-state index in [1.807, 2.05) is 6.92 Å². The zero-order chi connectivity index (χ0) is 15.9. The monoisotopic (exact) mass is 303 g/mol. The third-order valence-corrected chi connectivity index (χ3v) is 2.80. The summed E-state index contributed by atoms with van der Waals surface area (Å²) in [6, 6.07) is 8.22. The van der Waals surface area contributed by atoms with Crippen LogP contribution in [-0.4, -0.2) is 19.1 Å². The zero-order valence-electron chi connectivity index (χ0n) is 12.4. The van der Waals surface area contributed by atoms with Crippen molar-refractivity contribution < 1.29 is 18.7 Å². The number of hydrogen-bond acceptors (Lipinski definition) is 5. The summed E-state index contributed by atoms with van der Waals surface area (Å²) in [7, 11) is 0. The molecule has 0 aliphatic rings. The van der Waals surface area contributed by atoms with E-state index in [0.717, 1.165) is 5.75 Å². The van der Waals surface area contributed by atoms with Gasteiger partial charge in [-0.3, -0.25) is 9.59 Å². The largest absolute Gasteiger partial charge is 0.494 e. The summed E-state index contributed by atoms with van der Waals surface area (Å²) in [5.41, 5.74) is 0.298. The van der Waals surface area contributed by atoms with Crippen molar-refractivity contribution in [3.8, 4) is 11.5 Å². The second kappa shape index (κ2) is 7.31. The van der Waals surface area contributed by atoms with Crippen molar-refractivity contribution in [2.75, 3.05) is 18.5 Å². The quantitative estimate of drug-likeness (QED) is 0.886. The fraction of sp³-hybridized carbons (Fsp3) is 0.250.